The Bertz CT molecular complexity index is 1110. The lowest BCUT2D eigenvalue weighted by atomic mass is 9.88. The van der Waals surface area contributed by atoms with E-state index < -0.39 is 12.1 Å². The number of aryl methyl sites for hydroxylation is 2. The van der Waals surface area contributed by atoms with E-state index in [0.29, 0.717) is 13.2 Å². The van der Waals surface area contributed by atoms with Gasteiger partial charge in [0, 0.05) is 31.0 Å². The van der Waals surface area contributed by atoms with Crippen LogP contribution in [0.15, 0.2) is 36.4 Å². The molecule has 2 aromatic carbocycles. The molecule has 2 aromatic rings. The van der Waals surface area contributed by atoms with Crippen LogP contribution in [0.1, 0.15) is 28.2 Å². The highest BCUT2D eigenvalue weighted by molar-refractivity contribution is 5.59. The van der Waals surface area contributed by atoms with Gasteiger partial charge in [-0.05, 0) is 48.2 Å². The van der Waals surface area contributed by atoms with Crippen molar-refractivity contribution in [3.63, 3.8) is 0 Å². The highest BCUT2D eigenvalue weighted by Crippen LogP contribution is 2.43. The van der Waals surface area contributed by atoms with Gasteiger partial charge in [0.1, 0.15) is 5.92 Å². The molecule has 0 aliphatic carbocycles. The molecule has 4 heterocycles. The van der Waals surface area contributed by atoms with Gasteiger partial charge < -0.3 is 28.7 Å². The fourth-order valence-electron chi connectivity index (χ4n) is 5.31. The van der Waals surface area contributed by atoms with E-state index in [-0.39, 0.29) is 35.5 Å². The number of nitrogens with zero attached hydrogens (tertiary/aromatic N) is 2. The molecular weight excluding hydrogens is 485 g/mol. The van der Waals surface area contributed by atoms with Crippen molar-refractivity contribution in [2.75, 3.05) is 62.5 Å². The minimum Gasteiger partial charge on any atom is -0.377 e. The lowest BCUT2D eigenvalue weighted by molar-refractivity contribution is -0.141. The maximum Gasteiger partial charge on any atom is 0.399 e. The Morgan fingerprint density at radius 3 is 1.65 bits per heavy atom. The van der Waals surface area contributed by atoms with Crippen LogP contribution in [0.5, 0.6) is 0 Å². The number of anilines is 2. The number of alkyl halides is 3. The molecule has 4 atom stereocenters. The zero-order valence-electron chi connectivity index (χ0n) is 21.2. The molecule has 37 heavy (non-hydrogen) atoms. The quantitative estimate of drug-likeness (QED) is 0.416. The Labute approximate surface area is 215 Å². The Morgan fingerprint density at radius 2 is 1.24 bits per heavy atom. The summed E-state index contributed by atoms with van der Waals surface area (Å²) in [5.41, 5.74) is 4.03. The molecule has 4 unspecified atom stereocenters. The van der Waals surface area contributed by atoms with Gasteiger partial charge in [0.15, 0.2) is 0 Å². The summed E-state index contributed by atoms with van der Waals surface area (Å²) < 4.78 is 65.2. The third kappa shape index (κ3) is 5.74. The standard InChI is InChI=1S/C28H33F3N2O4/c1-17-7-19(3-5-25(17)32(9-22-14-35-22)10-23-15-36-23)27(28(29,30)31)20-4-6-26(18(2)8-20)33(11-24-16-37-24)21-12-34-13-21/h3-8,21-24,27H,9-16H2,1-2H3. The highest BCUT2D eigenvalue weighted by Gasteiger charge is 2.43. The van der Waals surface area contributed by atoms with Gasteiger partial charge in [-0.2, -0.15) is 13.2 Å². The van der Waals surface area contributed by atoms with E-state index in [4.69, 9.17) is 18.9 Å². The van der Waals surface area contributed by atoms with E-state index in [2.05, 4.69) is 9.80 Å². The van der Waals surface area contributed by atoms with Gasteiger partial charge in [-0.25, -0.2) is 0 Å². The molecule has 6 rings (SSSR count). The lowest BCUT2D eigenvalue weighted by Gasteiger charge is -2.39. The average molecular weight is 519 g/mol. The topological polar surface area (TPSA) is 53.3 Å². The SMILES string of the molecule is Cc1cc(C(c2ccc(N(CC3CO3)C3COC3)c(C)c2)C(F)(F)F)ccc1N(CC1CO1)CC1CO1. The molecule has 4 saturated heterocycles. The molecule has 6 nitrogen and oxygen atoms in total. The number of rotatable bonds is 11. The van der Waals surface area contributed by atoms with E-state index in [1.807, 2.05) is 26.0 Å². The molecule has 0 aromatic heterocycles. The highest BCUT2D eigenvalue weighted by atomic mass is 19.4. The molecular formula is C28H33F3N2O4. The normalized spacial score (nSPS) is 25.4. The van der Waals surface area contributed by atoms with E-state index in [1.54, 1.807) is 24.3 Å². The van der Waals surface area contributed by atoms with Gasteiger partial charge >= 0.3 is 6.18 Å². The molecule has 0 spiro atoms. The molecule has 200 valence electrons. The van der Waals surface area contributed by atoms with Crippen LogP contribution in [0, 0.1) is 13.8 Å². The fraction of sp³-hybridized carbons (Fsp3) is 0.571. The third-order valence-corrected chi connectivity index (χ3v) is 7.60. The van der Waals surface area contributed by atoms with Crippen LogP contribution >= 0.6 is 0 Å². The van der Waals surface area contributed by atoms with E-state index >= 15 is 0 Å². The zero-order valence-corrected chi connectivity index (χ0v) is 21.2. The second-order valence-corrected chi connectivity index (χ2v) is 10.7. The minimum absolute atomic E-state index is 0.180. The Morgan fingerprint density at radius 1 is 0.757 bits per heavy atom. The maximum absolute atomic E-state index is 14.5. The summed E-state index contributed by atoms with van der Waals surface area (Å²) in [6.07, 6.45) is -3.88. The number of benzene rings is 2. The molecule has 4 aliphatic heterocycles. The average Bonchev–Trinajstić information content (AvgIpc) is 3.61. The summed E-state index contributed by atoms with van der Waals surface area (Å²) in [5, 5.41) is 0. The summed E-state index contributed by atoms with van der Waals surface area (Å²) >= 11 is 0. The predicted molar refractivity (Wildman–Crippen MR) is 134 cm³/mol. The number of hydrogen-bond acceptors (Lipinski definition) is 6. The molecule has 0 bridgehead atoms. The van der Waals surface area contributed by atoms with E-state index in [0.717, 1.165) is 62.0 Å². The summed E-state index contributed by atoms with van der Waals surface area (Å²) in [5.74, 6) is -1.70. The number of halogens is 3. The van der Waals surface area contributed by atoms with Crippen molar-refractivity contribution in [1.29, 1.82) is 0 Å². The second kappa shape index (κ2) is 9.76. The number of hydrogen-bond donors (Lipinski definition) is 0. The van der Waals surface area contributed by atoms with Crippen LogP contribution in [0.25, 0.3) is 0 Å². The van der Waals surface area contributed by atoms with Gasteiger partial charge in [-0.15, -0.1) is 0 Å². The lowest BCUT2D eigenvalue weighted by Crippen LogP contribution is -2.51. The Balaban J connectivity index is 1.28. The van der Waals surface area contributed by atoms with Crippen molar-refractivity contribution in [1.82, 2.24) is 0 Å². The van der Waals surface area contributed by atoms with Crippen LogP contribution in [0.3, 0.4) is 0 Å². The largest absolute Gasteiger partial charge is 0.399 e. The zero-order chi connectivity index (χ0) is 25.7. The minimum atomic E-state index is -4.42. The second-order valence-electron chi connectivity index (χ2n) is 10.7. The van der Waals surface area contributed by atoms with Crippen LogP contribution in [0.4, 0.5) is 24.5 Å². The van der Waals surface area contributed by atoms with Gasteiger partial charge in [-0.1, -0.05) is 24.3 Å². The molecule has 0 N–H and O–H groups in total. The summed E-state index contributed by atoms with van der Waals surface area (Å²) in [6.45, 7) is 9.37. The van der Waals surface area contributed by atoms with Crippen LogP contribution < -0.4 is 9.80 Å². The smallest absolute Gasteiger partial charge is 0.377 e. The summed E-state index contributed by atoms with van der Waals surface area (Å²) in [6, 6.07) is 10.5. The molecule has 0 saturated carbocycles. The third-order valence-electron chi connectivity index (χ3n) is 7.60. The molecule has 9 heteroatoms. The van der Waals surface area contributed by atoms with Crippen molar-refractivity contribution in [2.24, 2.45) is 0 Å². The van der Waals surface area contributed by atoms with Crippen molar-refractivity contribution in [3.8, 4) is 0 Å². The number of epoxide rings is 3. The first-order chi connectivity index (χ1) is 17.8. The Hall–Kier alpha value is -2.33. The summed E-state index contributed by atoms with van der Waals surface area (Å²) in [4.78, 5) is 4.40. The van der Waals surface area contributed by atoms with Crippen molar-refractivity contribution in [3.05, 3.63) is 58.7 Å². The first-order valence-corrected chi connectivity index (χ1v) is 13.0. The first kappa shape index (κ1) is 25.0. The van der Waals surface area contributed by atoms with E-state index in [9.17, 15) is 13.2 Å². The van der Waals surface area contributed by atoms with Gasteiger partial charge in [0.2, 0.25) is 0 Å². The molecule has 0 radical (unpaired) electrons. The Kier molecular flexibility index (Phi) is 6.59. The monoisotopic (exact) mass is 518 g/mol. The molecule has 0 amide bonds. The van der Waals surface area contributed by atoms with Crippen LogP contribution in [-0.4, -0.2) is 83.2 Å². The van der Waals surface area contributed by atoms with Crippen molar-refractivity contribution < 1.29 is 32.1 Å². The van der Waals surface area contributed by atoms with Gasteiger partial charge in [0.05, 0.1) is 57.4 Å². The van der Waals surface area contributed by atoms with Crippen LogP contribution in [-0.2, 0) is 18.9 Å². The van der Waals surface area contributed by atoms with Crippen molar-refractivity contribution >= 4 is 11.4 Å². The number of ether oxygens (including phenoxy) is 4. The van der Waals surface area contributed by atoms with Crippen molar-refractivity contribution in [2.45, 2.75) is 50.3 Å². The molecule has 4 aliphatic rings. The van der Waals surface area contributed by atoms with E-state index in [1.165, 1.54) is 0 Å². The summed E-state index contributed by atoms with van der Waals surface area (Å²) in [7, 11) is 0. The first-order valence-electron chi connectivity index (χ1n) is 13.0. The predicted octanol–water partition coefficient (Wildman–Crippen LogP) is 4.21. The van der Waals surface area contributed by atoms with Gasteiger partial charge in [0.25, 0.3) is 0 Å². The molecule has 4 fully saturated rings. The fourth-order valence-corrected chi connectivity index (χ4v) is 5.31. The maximum atomic E-state index is 14.5. The van der Waals surface area contributed by atoms with Gasteiger partial charge in [-0.3, -0.25) is 0 Å². The van der Waals surface area contributed by atoms with Crippen LogP contribution in [0.2, 0.25) is 0 Å².